The van der Waals surface area contributed by atoms with E-state index in [4.69, 9.17) is 9.52 Å². The molecule has 2 heterocycles. The molecule has 0 radical (unpaired) electrons. The van der Waals surface area contributed by atoms with Crippen molar-refractivity contribution in [2.75, 3.05) is 24.5 Å². The second-order valence-electron chi connectivity index (χ2n) is 5.16. The SMILES string of the molecule is CCC1CN(c2nc(C(=O)O)co2)CCN1C(C)C. The molecule has 1 aliphatic rings. The minimum absolute atomic E-state index is 0.0330. The largest absolute Gasteiger partial charge is 0.476 e. The highest BCUT2D eigenvalue weighted by Gasteiger charge is 2.29. The lowest BCUT2D eigenvalue weighted by atomic mass is 10.1. The molecule has 6 heteroatoms. The zero-order valence-electron chi connectivity index (χ0n) is 11.7. The number of anilines is 1. The Bertz CT molecular complexity index is 444. The number of rotatable bonds is 4. The van der Waals surface area contributed by atoms with Crippen LogP contribution >= 0.6 is 0 Å². The van der Waals surface area contributed by atoms with Gasteiger partial charge in [0.1, 0.15) is 6.26 Å². The number of oxazole rings is 1. The topological polar surface area (TPSA) is 69.8 Å². The Balaban J connectivity index is 2.08. The molecule has 1 aromatic heterocycles. The lowest BCUT2D eigenvalue weighted by molar-refractivity contribution is 0.0690. The fourth-order valence-electron chi connectivity index (χ4n) is 2.59. The van der Waals surface area contributed by atoms with Crippen molar-refractivity contribution in [3.8, 4) is 0 Å². The average Bonchev–Trinajstić information content (AvgIpc) is 2.87. The Hall–Kier alpha value is -1.56. The van der Waals surface area contributed by atoms with Gasteiger partial charge in [0.25, 0.3) is 6.01 Å². The zero-order chi connectivity index (χ0) is 14.0. The van der Waals surface area contributed by atoms with Crippen LogP contribution in [-0.2, 0) is 0 Å². The molecule has 0 spiro atoms. The number of nitrogens with zero attached hydrogens (tertiary/aromatic N) is 3. The first kappa shape index (κ1) is 13.9. The van der Waals surface area contributed by atoms with Gasteiger partial charge in [-0.2, -0.15) is 4.98 Å². The molecule has 1 aromatic rings. The molecule has 0 saturated carbocycles. The summed E-state index contributed by atoms with van der Waals surface area (Å²) in [5.41, 5.74) is -0.0330. The summed E-state index contributed by atoms with van der Waals surface area (Å²) >= 11 is 0. The van der Waals surface area contributed by atoms with E-state index in [1.165, 1.54) is 6.26 Å². The Morgan fingerprint density at radius 2 is 2.32 bits per heavy atom. The molecule has 0 bridgehead atoms. The summed E-state index contributed by atoms with van der Waals surface area (Å²) in [5, 5.41) is 8.86. The van der Waals surface area contributed by atoms with Crippen molar-refractivity contribution < 1.29 is 14.3 Å². The van der Waals surface area contributed by atoms with Crippen molar-refractivity contribution in [2.24, 2.45) is 0 Å². The molecule has 1 aliphatic heterocycles. The summed E-state index contributed by atoms with van der Waals surface area (Å²) in [6, 6.07) is 1.39. The second kappa shape index (κ2) is 5.61. The van der Waals surface area contributed by atoms with E-state index in [2.05, 4.69) is 30.7 Å². The third-order valence-electron chi connectivity index (χ3n) is 3.64. The monoisotopic (exact) mass is 267 g/mol. The number of carboxylic acids is 1. The molecule has 6 nitrogen and oxygen atoms in total. The summed E-state index contributed by atoms with van der Waals surface area (Å²) < 4.78 is 5.27. The van der Waals surface area contributed by atoms with Gasteiger partial charge in [-0.1, -0.05) is 6.92 Å². The van der Waals surface area contributed by atoms with Gasteiger partial charge in [-0.3, -0.25) is 4.90 Å². The molecule has 1 saturated heterocycles. The van der Waals surface area contributed by atoms with E-state index < -0.39 is 5.97 Å². The van der Waals surface area contributed by atoms with E-state index in [1.807, 2.05) is 4.90 Å². The van der Waals surface area contributed by atoms with Crippen LogP contribution in [0.15, 0.2) is 10.7 Å². The summed E-state index contributed by atoms with van der Waals surface area (Å²) in [6.45, 7) is 9.16. The molecule has 0 aromatic carbocycles. The Kier molecular flexibility index (Phi) is 4.09. The standard InChI is InChI=1S/C13H21N3O3/c1-4-10-7-15(5-6-16(10)9(2)3)13-14-11(8-19-13)12(17)18/h8-10H,4-7H2,1-3H3,(H,17,18). The fourth-order valence-corrected chi connectivity index (χ4v) is 2.59. The molecule has 1 fully saturated rings. The third-order valence-corrected chi connectivity index (χ3v) is 3.64. The Morgan fingerprint density at radius 3 is 2.84 bits per heavy atom. The van der Waals surface area contributed by atoms with Crippen molar-refractivity contribution in [2.45, 2.75) is 39.3 Å². The molecular formula is C13H21N3O3. The molecular weight excluding hydrogens is 246 g/mol. The van der Waals surface area contributed by atoms with Crippen LogP contribution in [0.2, 0.25) is 0 Å². The van der Waals surface area contributed by atoms with Gasteiger partial charge in [0.05, 0.1) is 0 Å². The van der Waals surface area contributed by atoms with E-state index in [0.29, 0.717) is 18.1 Å². The molecule has 1 N–H and O–H groups in total. The number of aromatic nitrogens is 1. The van der Waals surface area contributed by atoms with E-state index in [-0.39, 0.29) is 5.69 Å². The maximum Gasteiger partial charge on any atom is 0.357 e. The highest BCUT2D eigenvalue weighted by Crippen LogP contribution is 2.21. The number of carboxylic acid groups (broad SMARTS) is 1. The van der Waals surface area contributed by atoms with E-state index in [1.54, 1.807) is 0 Å². The van der Waals surface area contributed by atoms with Gasteiger partial charge in [0.2, 0.25) is 0 Å². The Labute approximate surface area is 113 Å². The van der Waals surface area contributed by atoms with Crippen molar-refractivity contribution in [1.29, 1.82) is 0 Å². The molecule has 1 unspecified atom stereocenters. The molecule has 0 aliphatic carbocycles. The minimum Gasteiger partial charge on any atom is -0.476 e. The number of hydrogen-bond donors (Lipinski definition) is 1. The van der Waals surface area contributed by atoms with Crippen molar-refractivity contribution in [3.05, 3.63) is 12.0 Å². The number of carbonyl (C=O) groups is 1. The van der Waals surface area contributed by atoms with Crippen molar-refractivity contribution in [1.82, 2.24) is 9.88 Å². The smallest absolute Gasteiger partial charge is 0.357 e. The first-order chi connectivity index (χ1) is 9.02. The summed E-state index contributed by atoms with van der Waals surface area (Å²) in [5.74, 6) is -1.05. The highest BCUT2D eigenvalue weighted by atomic mass is 16.4. The molecule has 106 valence electrons. The number of hydrogen-bond acceptors (Lipinski definition) is 5. The van der Waals surface area contributed by atoms with Gasteiger partial charge in [0.15, 0.2) is 5.69 Å². The summed E-state index contributed by atoms with van der Waals surface area (Å²) in [4.78, 5) is 19.3. The maximum absolute atomic E-state index is 10.8. The first-order valence-corrected chi connectivity index (χ1v) is 6.72. The van der Waals surface area contributed by atoms with E-state index >= 15 is 0 Å². The number of aromatic carboxylic acids is 1. The average molecular weight is 267 g/mol. The van der Waals surface area contributed by atoms with E-state index in [0.717, 1.165) is 26.1 Å². The quantitative estimate of drug-likeness (QED) is 0.895. The normalized spacial score (nSPS) is 21.1. The minimum atomic E-state index is -1.05. The lowest BCUT2D eigenvalue weighted by Gasteiger charge is -2.42. The molecule has 1 atom stereocenters. The predicted molar refractivity (Wildman–Crippen MR) is 71.6 cm³/mol. The van der Waals surface area contributed by atoms with Crippen LogP contribution in [-0.4, -0.2) is 52.7 Å². The van der Waals surface area contributed by atoms with E-state index in [9.17, 15) is 4.79 Å². The van der Waals surface area contributed by atoms with Gasteiger partial charge in [-0.05, 0) is 20.3 Å². The first-order valence-electron chi connectivity index (χ1n) is 6.72. The maximum atomic E-state index is 10.8. The van der Waals surface area contributed by atoms with Gasteiger partial charge in [-0.15, -0.1) is 0 Å². The third kappa shape index (κ3) is 2.89. The predicted octanol–water partition coefficient (Wildman–Crippen LogP) is 1.68. The number of piperazine rings is 1. The van der Waals surface area contributed by atoms with Crippen LogP contribution in [0.3, 0.4) is 0 Å². The summed E-state index contributed by atoms with van der Waals surface area (Å²) in [6.07, 6.45) is 2.26. The van der Waals surface area contributed by atoms with Crippen LogP contribution in [0.25, 0.3) is 0 Å². The zero-order valence-corrected chi connectivity index (χ0v) is 11.7. The van der Waals surface area contributed by atoms with Crippen molar-refractivity contribution in [3.63, 3.8) is 0 Å². The summed E-state index contributed by atoms with van der Waals surface area (Å²) in [7, 11) is 0. The fraction of sp³-hybridized carbons (Fsp3) is 0.692. The van der Waals surface area contributed by atoms with Gasteiger partial charge in [-0.25, -0.2) is 4.79 Å². The second-order valence-corrected chi connectivity index (χ2v) is 5.16. The van der Waals surface area contributed by atoms with Crippen molar-refractivity contribution >= 4 is 12.0 Å². The Morgan fingerprint density at radius 1 is 1.58 bits per heavy atom. The van der Waals surface area contributed by atoms with Gasteiger partial charge >= 0.3 is 5.97 Å². The van der Waals surface area contributed by atoms with Crippen LogP contribution < -0.4 is 4.90 Å². The van der Waals surface area contributed by atoms with Crippen LogP contribution in [0, 0.1) is 0 Å². The lowest BCUT2D eigenvalue weighted by Crippen LogP contribution is -2.55. The van der Waals surface area contributed by atoms with Gasteiger partial charge < -0.3 is 14.4 Å². The van der Waals surface area contributed by atoms with Crippen LogP contribution in [0.1, 0.15) is 37.7 Å². The highest BCUT2D eigenvalue weighted by molar-refractivity contribution is 5.85. The van der Waals surface area contributed by atoms with Gasteiger partial charge in [0, 0.05) is 31.7 Å². The van der Waals surface area contributed by atoms with Crippen LogP contribution in [0.5, 0.6) is 0 Å². The van der Waals surface area contributed by atoms with Crippen LogP contribution in [0.4, 0.5) is 6.01 Å². The molecule has 19 heavy (non-hydrogen) atoms. The molecule has 0 amide bonds. The molecule has 2 rings (SSSR count).